The Kier molecular flexibility index (Phi) is 6.44. The third kappa shape index (κ3) is 4.11. The van der Waals surface area contributed by atoms with Crippen LogP contribution in [0, 0.1) is 27.7 Å². The topological polar surface area (TPSA) is 33.1 Å². The van der Waals surface area contributed by atoms with Gasteiger partial charge in [-0.05, 0) is 98.4 Å². The van der Waals surface area contributed by atoms with E-state index >= 15 is 0 Å². The molecule has 2 aromatic carbocycles. The van der Waals surface area contributed by atoms with Gasteiger partial charge in [-0.3, -0.25) is 4.98 Å². The number of aryl methyl sites for hydroxylation is 3. The highest BCUT2D eigenvalue weighted by Gasteiger charge is 2.42. The van der Waals surface area contributed by atoms with Crippen molar-refractivity contribution in [2.45, 2.75) is 59.5 Å². The summed E-state index contributed by atoms with van der Waals surface area (Å²) in [6.45, 7) is 13.2. The van der Waals surface area contributed by atoms with Crippen LogP contribution in [0.1, 0.15) is 71.2 Å². The van der Waals surface area contributed by atoms with E-state index in [1.165, 1.54) is 39.3 Å². The quantitative estimate of drug-likeness (QED) is 0.293. The van der Waals surface area contributed by atoms with Crippen LogP contribution < -0.4 is 10.2 Å². The molecule has 1 saturated heterocycles. The lowest BCUT2D eigenvalue weighted by Crippen LogP contribution is -2.29. The second-order valence-corrected chi connectivity index (χ2v) is 10.5. The normalized spacial score (nSPS) is 17.6. The summed E-state index contributed by atoms with van der Waals surface area (Å²) in [7, 11) is 0. The number of nitrogens with zero attached hydrogens (tertiary/aromatic N) is 3. The molecule has 2 aromatic heterocycles. The van der Waals surface area contributed by atoms with E-state index in [9.17, 15) is 0 Å². The molecule has 4 aromatic rings. The minimum atomic E-state index is -0.0598. The van der Waals surface area contributed by atoms with Gasteiger partial charge in [0.05, 0.1) is 23.5 Å². The van der Waals surface area contributed by atoms with Crippen molar-refractivity contribution < 1.29 is 0 Å². The number of hydrogen-bond acceptors (Lipinski definition) is 2. The number of nitrogens with one attached hydrogen (secondary N) is 1. The van der Waals surface area contributed by atoms with Gasteiger partial charge >= 0.3 is 0 Å². The van der Waals surface area contributed by atoms with Crippen molar-refractivity contribution in [3.63, 3.8) is 0 Å². The highest BCUT2D eigenvalue weighted by molar-refractivity contribution is 7.80. The van der Waals surface area contributed by atoms with Crippen molar-refractivity contribution in [3.05, 3.63) is 112 Å². The Morgan fingerprint density at radius 3 is 2.19 bits per heavy atom. The third-order valence-electron chi connectivity index (χ3n) is 7.39. The summed E-state index contributed by atoms with van der Waals surface area (Å²) in [5.41, 5.74) is 10.9. The lowest BCUT2D eigenvalue weighted by molar-refractivity contribution is 0.565. The second kappa shape index (κ2) is 9.55. The van der Waals surface area contributed by atoms with Crippen LogP contribution in [0.25, 0.3) is 5.69 Å². The van der Waals surface area contributed by atoms with Gasteiger partial charge in [-0.1, -0.05) is 50.2 Å². The Morgan fingerprint density at radius 1 is 0.889 bits per heavy atom. The van der Waals surface area contributed by atoms with Gasteiger partial charge in [-0.2, -0.15) is 0 Å². The number of para-hydroxylation sites is 1. The Labute approximate surface area is 220 Å². The average Bonchev–Trinajstić information content (AvgIpc) is 3.35. The highest BCUT2D eigenvalue weighted by Crippen LogP contribution is 2.44. The molecule has 1 N–H and O–H groups in total. The van der Waals surface area contributed by atoms with Crippen molar-refractivity contribution in [1.29, 1.82) is 0 Å². The standard InChI is InChI=1S/C31H34N4S/c1-19(2)24-13-15-25(16-14-24)35-30(28(33-31(35)36)27-12-7-8-17-32-27)26-18-22(5)34(23(26)6)29-20(3)10-9-11-21(29)4/h7-19,28,30H,1-6H3,(H,33,36)/t28-,30-/m1/s1. The molecule has 184 valence electrons. The van der Waals surface area contributed by atoms with Crippen LogP contribution >= 0.6 is 12.2 Å². The van der Waals surface area contributed by atoms with E-state index < -0.39 is 0 Å². The predicted molar refractivity (Wildman–Crippen MR) is 153 cm³/mol. The molecular formula is C31H34N4S. The minimum Gasteiger partial charge on any atom is -0.351 e. The molecule has 3 heterocycles. The van der Waals surface area contributed by atoms with Gasteiger partial charge < -0.3 is 14.8 Å². The molecule has 0 spiro atoms. The van der Waals surface area contributed by atoms with Crippen molar-refractivity contribution >= 4 is 23.0 Å². The van der Waals surface area contributed by atoms with Crippen molar-refractivity contribution in [3.8, 4) is 5.69 Å². The molecule has 1 aliphatic heterocycles. The first kappa shape index (κ1) is 24.3. The van der Waals surface area contributed by atoms with E-state index in [4.69, 9.17) is 17.2 Å². The van der Waals surface area contributed by atoms with Crippen molar-refractivity contribution in [1.82, 2.24) is 14.9 Å². The molecule has 0 amide bonds. The Bertz CT molecular complexity index is 1380. The molecule has 2 atom stereocenters. The smallest absolute Gasteiger partial charge is 0.174 e. The summed E-state index contributed by atoms with van der Waals surface area (Å²) in [4.78, 5) is 7.00. The fraction of sp³-hybridized carbons (Fsp3) is 0.290. The molecular weight excluding hydrogens is 460 g/mol. The molecule has 0 saturated carbocycles. The summed E-state index contributed by atoms with van der Waals surface area (Å²) in [5.74, 6) is 0.482. The van der Waals surface area contributed by atoms with Gasteiger partial charge in [0, 0.05) is 23.3 Å². The van der Waals surface area contributed by atoms with Gasteiger partial charge in [0.2, 0.25) is 0 Å². The van der Waals surface area contributed by atoms with E-state index in [1.54, 1.807) is 0 Å². The molecule has 0 radical (unpaired) electrons. The zero-order valence-corrected chi connectivity index (χ0v) is 22.7. The maximum atomic E-state index is 5.96. The Hall–Kier alpha value is -3.44. The molecule has 5 rings (SSSR count). The molecule has 1 aliphatic rings. The summed E-state index contributed by atoms with van der Waals surface area (Å²) >= 11 is 5.96. The number of thiocarbonyl (C=S) groups is 1. The number of pyridine rings is 1. The molecule has 0 aliphatic carbocycles. The van der Waals surface area contributed by atoms with Crippen LogP contribution in [0.3, 0.4) is 0 Å². The van der Waals surface area contributed by atoms with Crippen LogP contribution in [0.5, 0.6) is 0 Å². The molecule has 36 heavy (non-hydrogen) atoms. The number of anilines is 1. The molecule has 0 unspecified atom stereocenters. The summed E-state index contributed by atoms with van der Waals surface area (Å²) in [6.07, 6.45) is 1.86. The highest BCUT2D eigenvalue weighted by atomic mass is 32.1. The van der Waals surface area contributed by atoms with Gasteiger partial charge in [0.15, 0.2) is 5.11 Å². The van der Waals surface area contributed by atoms with E-state index in [0.717, 1.165) is 16.5 Å². The van der Waals surface area contributed by atoms with Crippen LogP contribution in [0.2, 0.25) is 0 Å². The predicted octanol–water partition coefficient (Wildman–Crippen LogP) is 7.41. The third-order valence-corrected chi connectivity index (χ3v) is 7.70. The maximum Gasteiger partial charge on any atom is 0.174 e. The van der Waals surface area contributed by atoms with E-state index in [0.29, 0.717) is 5.92 Å². The summed E-state index contributed by atoms with van der Waals surface area (Å²) in [6, 6.07) is 23.7. The van der Waals surface area contributed by atoms with E-state index in [1.807, 2.05) is 18.3 Å². The summed E-state index contributed by atoms with van der Waals surface area (Å²) < 4.78 is 2.40. The fourth-order valence-electron chi connectivity index (χ4n) is 5.56. The second-order valence-electron chi connectivity index (χ2n) is 10.1. The lowest BCUT2D eigenvalue weighted by Gasteiger charge is -2.28. The Morgan fingerprint density at radius 2 is 1.58 bits per heavy atom. The van der Waals surface area contributed by atoms with Gasteiger partial charge in [-0.15, -0.1) is 0 Å². The SMILES string of the molecule is Cc1cccc(C)c1-n1c(C)cc([C@@H]2[C@@H](c3ccccn3)NC(=S)N2c2ccc(C(C)C)cc2)c1C. The van der Waals surface area contributed by atoms with Crippen LogP contribution in [-0.2, 0) is 0 Å². The van der Waals surface area contributed by atoms with Crippen molar-refractivity contribution in [2.24, 2.45) is 0 Å². The van der Waals surface area contributed by atoms with Crippen LogP contribution in [0.4, 0.5) is 5.69 Å². The van der Waals surface area contributed by atoms with E-state index in [2.05, 4.69) is 111 Å². The molecule has 5 heteroatoms. The van der Waals surface area contributed by atoms with E-state index in [-0.39, 0.29) is 12.1 Å². The maximum absolute atomic E-state index is 5.96. The molecule has 4 nitrogen and oxygen atoms in total. The number of aromatic nitrogens is 2. The van der Waals surface area contributed by atoms with Crippen LogP contribution in [-0.4, -0.2) is 14.7 Å². The van der Waals surface area contributed by atoms with Crippen LogP contribution in [0.15, 0.2) is 72.9 Å². The first-order valence-electron chi connectivity index (χ1n) is 12.6. The lowest BCUT2D eigenvalue weighted by atomic mass is 9.96. The van der Waals surface area contributed by atoms with Gasteiger partial charge in [0.25, 0.3) is 0 Å². The van der Waals surface area contributed by atoms with Gasteiger partial charge in [0.1, 0.15) is 0 Å². The molecule has 1 fully saturated rings. The first-order valence-corrected chi connectivity index (χ1v) is 13.0. The molecule has 0 bridgehead atoms. The number of hydrogen-bond donors (Lipinski definition) is 1. The monoisotopic (exact) mass is 494 g/mol. The average molecular weight is 495 g/mol. The zero-order valence-electron chi connectivity index (χ0n) is 21.9. The summed E-state index contributed by atoms with van der Waals surface area (Å²) in [5, 5.41) is 4.34. The Balaban J connectivity index is 1.68. The largest absolute Gasteiger partial charge is 0.351 e. The number of benzene rings is 2. The van der Waals surface area contributed by atoms with Gasteiger partial charge in [-0.25, -0.2) is 0 Å². The number of rotatable bonds is 5. The van der Waals surface area contributed by atoms with Crippen molar-refractivity contribution in [2.75, 3.05) is 4.90 Å². The fourth-order valence-corrected chi connectivity index (χ4v) is 5.90. The zero-order chi connectivity index (χ0) is 25.6. The first-order chi connectivity index (χ1) is 17.3. The minimum absolute atomic E-state index is 0.0263.